The lowest BCUT2D eigenvalue weighted by atomic mass is 9.87. The Hall–Kier alpha value is -12.4. The van der Waals surface area contributed by atoms with Crippen LogP contribution in [0, 0.1) is 32.1 Å². The molecule has 0 fully saturated rings. The van der Waals surface area contributed by atoms with E-state index in [9.17, 15) is 61.1 Å². The molecule has 0 bridgehead atoms. The summed E-state index contributed by atoms with van der Waals surface area (Å²) < 4.78 is 40.5. The molecule has 3 heterocycles. The third kappa shape index (κ3) is 19.1. The van der Waals surface area contributed by atoms with E-state index in [0.717, 1.165) is 50.6 Å². The van der Waals surface area contributed by atoms with Gasteiger partial charge in [0.05, 0.1) is 39.7 Å². The lowest BCUT2D eigenvalue weighted by Crippen LogP contribution is -2.28. The van der Waals surface area contributed by atoms with Gasteiger partial charge >= 0.3 is 6.18 Å². The number of hydrogen-bond donors (Lipinski definition) is 5. The average Bonchev–Trinajstić information content (AvgIpc) is 1.73. The molecule has 0 aliphatic rings. The number of halogens is 3. The number of nitrogens with one attached hydrogen (secondary N) is 3. The van der Waals surface area contributed by atoms with E-state index in [1.807, 2.05) is 130 Å². The number of ketones is 7. The number of Topliss-reactive ketones (excluding diaryl/α,β-unsaturated/α-hetero) is 6. The van der Waals surface area contributed by atoms with Crippen molar-refractivity contribution in [2.45, 2.75) is 88.8 Å². The molecule has 0 atom stereocenters. The van der Waals surface area contributed by atoms with Crippen molar-refractivity contribution >= 4 is 62.0 Å². The number of alkyl halides is 3. The number of aromatic amines is 3. The van der Waals surface area contributed by atoms with Crippen LogP contribution in [0.4, 0.5) is 13.2 Å². The summed E-state index contributed by atoms with van der Waals surface area (Å²) in [7, 11) is 0. The normalized spacial score (nSPS) is 10.9. The number of aromatic hydroxyl groups is 2. The van der Waals surface area contributed by atoms with Crippen LogP contribution < -0.4 is 16.7 Å². The molecule has 9 aromatic carbocycles. The fourth-order valence-electron chi connectivity index (χ4n) is 10.9. The molecule has 0 spiro atoms. The molecule has 18 nitrogen and oxygen atoms in total. The van der Waals surface area contributed by atoms with Crippen LogP contribution >= 0.6 is 0 Å². The number of aromatic nitrogens is 6. The molecule has 0 radical (unpaired) electrons. The first-order valence-electron chi connectivity index (χ1n) is 32.1. The highest BCUT2D eigenvalue weighted by Gasteiger charge is 2.32. The Morgan fingerprint density at radius 3 is 1.16 bits per heavy atom. The van der Waals surface area contributed by atoms with Crippen LogP contribution in [-0.4, -0.2) is 80.0 Å². The first kappa shape index (κ1) is 77.0. The van der Waals surface area contributed by atoms with E-state index in [-0.39, 0.29) is 79.4 Å². The number of nitrogens with zero attached hydrogens (tertiary/aromatic N) is 3. The van der Waals surface area contributed by atoms with Crippen LogP contribution in [0.1, 0.15) is 141 Å². The average molecular weight is 1380 g/mol. The van der Waals surface area contributed by atoms with Crippen LogP contribution in [0.25, 0.3) is 38.6 Å². The topological polar surface area (TPSA) is 273 Å². The Kier molecular flexibility index (Phi) is 25.6. The van der Waals surface area contributed by atoms with E-state index in [1.54, 1.807) is 75.4 Å². The van der Waals surface area contributed by atoms with Gasteiger partial charge in [-0.25, -0.2) is 14.0 Å². The summed E-state index contributed by atoms with van der Waals surface area (Å²) in [4.78, 5) is 118. The van der Waals surface area contributed by atoms with E-state index >= 15 is 0 Å². The first-order chi connectivity index (χ1) is 48.2. The van der Waals surface area contributed by atoms with Crippen LogP contribution in [0.15, 0.2) is 233 Å². The lowest BCUT2D eigenvalue weighted by molar-refractivity contribution is -0.137. The summed E-state index contributed by atoms with van der Waals surface area (Å²) in [5.74, 6) is -2.49. The third-order valence-electron chi connectivity index (χ3n) is 16.0. The number of carbonyl (C=O) groups is 7. The number of para-hydroxylation sites is 4. The number of benzene rings is 9. The zero-order chi connectivity index (χ0) is 74.9. The number of carbonyl (C=O) groups excluding carboxylic acids is 7. The summed E-state index contributed by atoms with van der Waals surface area (Å²) in [5.41, 5.74) is 4.00. The molecule has 524 valence electrons. The van der Waals surface area contributed by atoms with Crippen molar-refractivity contribution in [2.24, 2.45) is 11.3 Å². The maximum Gasteiger partial charge on any atom is 0.416 e. The Balaban J connectivity index is 0.000000174. The minimum atomic E-state index is -4.51. The van der Waals surface area contributed by atoms with Gasteiger partial charge in [0.2, 0.25) is 0 Å². The molecular formula is C81H77F3N6O12. The lowest BCUT2D eigenvalue weighted by Gasteiger charge is -2.15. The third-order valence-corrected chi connectivity index (χ3v) is 16.0. The molecule has 0 saturated carbocycles. The van der Waals surface area contributed by atoms with Gasteiger partial charge in [-0.2, -0.15) is 13.2 Å². The van der Waals surface area contributed by atoms with E-state index in [0.29, 0.717) is 46.4 Å². The predicted molar refractivity (Wildman–Crippen MR) is 388 cm³/mol. The summed E-state index contributed by atoms with van der Waals surface area (Å²) >= 11 is 0. The van der Waals surface area contributed by atoms with Gasteiger partial charge < -0.3 is 10.2 Å². The number of aryl methyl sites for hydroxylation is 3. The van der Waals surface area contributed by atoms with Crippen LogP contribution in [0.5, 0.6) is 11.5 Å². The molecule has 0 unspecified atom stereocenters. The first-order valence-corrected chi connectivity index (χ1v) is 32.1. The molecule has 0 aliphatic carbocycles. The molecule has 102 heavy (non-hydrogen) atoms. The van der Waals surface area contributed by atoms with Gasteiger partial charge in [0.25, 0.3) is 16.7 Å². The molecule has 3 aromatic heterocycles. The molecule has 21 heteroatoms. The predicted octanol–water partition coefficient (Wildman–Crippen LogP) is 15.6. The monoisotopic (exact) mass is 1380 g/mol. The Morgan fingerprint density at radius 2 is 0.784 bits per heavy atom. The second-order valence-corrected chi connectivity index (χ2v) is 24.7. The molecule has 0 amide bonds. The highest BCUT2D eigenvalue weighted by molar-refractivity contribution is 6.10. The van der Waals surface area contributed by atoms with E-state index in [1.165, 1.54) is 54.7 Å². The largest absolute Gasteiger partial charge is 0.507 e. The van der Waals surface area contributed by atoms with Crippen LogP contribution in [-0.2, 0) is 22.2 Å². The minimum absolute atomic E-state index is 0.0509. The minimum Gasteiger partial charge on any atom is -0.507 e. The van der Waals surface area contributed by atoms with Gasteiger partial charge in [0, 0.05) is 28.1 Å². The van der Waals surface area contributed by atoms with Crippen molar-refractivity contribution in [3.8, 4) is 28.6 Å². The van der Waals surface area contributed by atoms with Gasteiger partial charge in [-0.15, -0.1) is 0 Å². The summed E-state index contributed by atoms with van der Waals surface area (Å²) in [5, 5.41) is 31.5. The van der Waals surface area contributed by atoms with Crippen molar-refractivity contribution in [1.29, 1.82) is 0 Å². The Morgan fingerprint density at radius 1 is 0.422 bits per heavy atom. The van der Waals surface area contributed by atoms with Crippen molar-refractivity contribution in [3.63, 3.8) is 0 Å². The van der Waals surface area contributed by atoms with Crippen molar-refractivity contribution in [2.75, 3.05) is 0 Å². The van der Waals surface area contributed by atoms with Crippen molar-refractivity contribution in [1.82, 2.24) is 29.3 Å². The zero-order valence-electron chi connectivity index (χ0n) is 58.0. The standard InChI is InChI=1S/C20H18O2.C17H14N2O2.C15H18N2O2.C12H12N2O2.C9H7F3O2.C8H8O2/c1-13(21)19(14(2)22)12-20-17-9-5-3-7-15(17)11-16-8-4-6-10-18(16)20;1-12-15(16(20)13-8-4-2-5-9-13)17(21)19(18-12)14-10-6-3-7-11-14;1-10-12(13(18)15(2,3)4)14(19)17(16-10)11-8-6-5-7-9-11;1-8-11(9(2)15)12(16)14(13-8)10-6-4-3-5-7-10;1-5(13)7-3-2-6(4-8(7)14)9(10,11)12;1-6(9)7-4-2-3-5-8(7)10/h3-11,19H,12H2,1-2H3;2-11,18H,1H3;5-9,16H,1-4H3;3-7,13H,1-2H3;2-4,14H,1H3;2-5,10H,1H3. The molecule has 12 rings (SSSR count). The maximum atomic E-state index is 12.5. The fourth-order valence-corrected chi connectivity index (χ4v) is 10.9. The molecule has 5 N–H and O–H groups in total. The number of hydrogen-bond acceptors (Lipinski definition) is 12. The highest BCUT2D eigenvalue weighted by Crippen LogP contribution is 2.34. The smallest absolute Gasteiger partial charge is 0.416 e. The number of fused-ring (bicyclic) bond motifs is 2. The second-order valence-electron chi connectivity index (χ2n) is 24.7. The van der Waals surface area contributed by atoms with E-state index in [2.05, 4.69) is 45.6 Å². The molecule has 0 aliphatic heterocycles. The number of phenols is 2. The van der Waals surface area contributed by atoms with Gasteiger partial charge in [0.15, 0.2) is 28.9 Å². The summed E-state index contributed by atoms with van der Waals surface area (Å²) in [6.07, 6.45) is -4.04. The summed E-state index contributed by atoms with van der Waals surface area (Å²) in [6, 6.07) is 63.6. The maximum absolute atomic E-state index is 12.5. The molecule has 0 saturated heterocycles. The number of phenolic OH excluding ortho intramolecular Hbond substituents is 2. The van der Waals surface area contributed by atoms with E-state index in [4.69, 9.17) is 10.2 Å². The highest BCUT2D eigenvalue weighted by atomic mass is 19.4. The van der Waals surface area contributed by atoms with Gasteiger partial charge in [-0.3, -0.25) is 63.2 Å². The van der Waals surface area contributed by atoms with Gasteiger partial charge in [0.1, 0.15) is 39.8 Å². The van der Waals surface area contributed by atoms with Crippen LogP contribution in [0.2, 0.25) is 0 Å². The molecule has 12 aromatic rings. The van der Waals surface area contributed by atoms with Gasteiger partial charge in [-0.1, -0.05) is 166 Å². The summed E-state index contributed by atoms with van der Waals surface area (Å²) in [6.45, 7) is 17.6. The number of rotatable bonds is 13. The van der Waals surface area contributed by atoms with Gasteiger partial charge in [-0.05, 0) is 162 Å². The fraction of sp³-hybridized carbons (Fsp3) is 0.185. The zero-order valence-corrected chi connectivity index (χ0v) is 58.0. The molecular weight excluding hydrogens is 1310 g/mol. The quantitative estimate of drug-likeness (QED) is 0.0410. The van der Waals surface area contributed by atoms with E-state index < -0.39 is 34.6 Å². The SMILES string of the molecule is CC(=O)C(Cc1c2ccccc2cc2ccccc12)C(C)=O.CC(=O)c1c(C)[nH]n(-c2ccccc2)c1=O.CC(=O)c1ccc(C(F)(F)F)cc1O.CC(=O)c1ccccc1O.Cc1[nH]n(-c2ccccc2)c(=O)c1C(=O)C(C)(C)C.Cc1[nH]n(-c2ccccc2)c(=O)c1C(=O)c1ccccc1. The number of H-pyrrole nitrogens is 3. The Bertz CT molecular complexity index is 5140. The second kappa shape index (κ2) is 33.9. The Labute approximate surface area is 585 Å². The van der Waals surface area contributed by atoms with Crippen LogP contribution in [0.3, 0.4) is 0 Å². The van der Waals surface area contributed by atoms with Crippen molar-refractivity contribution < 1.29 is 56.9 Å². The van der Waals surface area contributed by atoms with Crippen molar-refractivity contribution in [3.05, 3.63) is 311 Å².